The summed E-state index contributed by atoms with van der Waals surface area (Å²) in [6.07, 6.45) is 6.18. The van der Waals surface area contributed by atoms with Crippen LogP contribution >= 0.6 is 0 Å². The minimum Gasteiger partial charge on any atom is -0.464 e. The van der Waals surface area contributed by atoms with Crippen LogP contribution < -0.4 is 5.32 Å². The van der Waals surface area contributed by atoms with E-state index in [4.69, 9.17) is 4.42 Å². The molecular formula is C14H17N3O. The van der Waals surface area contributed by atoms with E-state index in [-0.39, 0.29) is 0 Å². The summed E-state index contributed by atoms with van der Waals surface area (Å²) in [6, 6.07) is 4.45. The molecule has 1 atom stereocenters. The molecule has 4 nitrogen and oxygen atoms in total. The predicted octanol–water partition coefficient (Wildman–Crippen LogP) is 2.33. The number of hydrogen-bond donors (Lipinski definition) is 1. The van der Waals surface area contributed by atoms with Gasteiger partial charge in [-0.2, -0.15) is 0 Å². The smallest absolute Gasteiger partial charge is 0.139 e. The van der Waals surface area contributed by atoms with Crippen LogP contribution in [0.15, 0.2) is 29.0 Å². The largest absolute Gasteiger partial charge is 0.464 e. The van der Waals surface area contributed by atoms with Crippen molar-refractivity contribution in [2.75, 3.05) is 25.0 Å². The molecule has 0 spiro atoms. The monoisotopic (exact) mass is 243 g/mol. The summed E-state index contributed by atoms with van der Waals surface area (Å²) in [4.78, 5) is 7.02. The SMILES string of the molecule is c1cc2occc2c(NC2CN3CCC2CC3)n1. The Labute approximate surface area is 106 Å². The molecule has 0 amide bonds. The van der Waals surface area contributed by atoms with Crippen molar-refractivity contribution in [3.63, 3.8) is 0 Å². The molecular weight excluding hydrogens is 226 g/mol. The molecule has 3 fully saturated rings. The highest BCUT2D eigenvalue weighted by Gasteiger charge is 2.34. The van der Waals surface area contributed by atoms with Gasteiger partial charge in [-0.1, -0.05) is 0 Å². The van der Waals surface area contributed by atoms with Crippen LogP contribution in [-0.4, -0.2) is 35.6 Å². The van der Waals surface area contributed by atoms with E-state index >= 15 is 0 Å². The van der Waals surface area contributed by atoms with E-state index in [1.54, 1.807) is 6.26 Å². The summed E-state index contributed by atoms with van der Waals surface area (Å²) in [7, 11) is 0. The van der Waals surface area contributed by atoms with Crippen molar-refractivity contribution >= 4 is 16.8 Å². The molecule has 0 saturated carbocycles. The Morgan fingerprint density at radius 1 is 1.28 bits per heavy atom. The predicted molar refractivity (Wildman–Crippen MR) is 70.6 cm³/mol. The van der Waals surface area contributed by atoms with Crippen LogP contribution in [0.3, 0.4) is 0 Å². The maximum atomic E-state index is 5.42. The first-order valence-corrected chi connectivity index (χ1v) is 6.71. The molecule has 0 radical (unpaired) electrons. The van der Waals surface area contributed by atoms with Gasteiger partial charge in [-0.05, 0) is 44.0 Å². The Balaban J connectivity index is 1.62. The molecule has 0 aliphatic carbocycles. The maximum Gasteiger partial charge on any atom is 0.139 e. The number of piperidine rings is 3. The van der Waals surface area contributed by atoms with Gasteiger partial charge in [-0.3, -0.25) is 0 Å². The second kappa shape index (κ2) is 3.99. The number of furan rings is 1. The molecule has 2 aromatic rings. The number of anilines is 1. The zero-order valence-corrected chi connectivity index (χ0v) is 10.3. The van der Waals surface area contributed by atoms with Gasteiger partial charge in [0.25, 0.3) is 0 Å². The number of hydrogen-bond acceptors (Lipinski definition) is 4. The van der Waals surface area contributed by atoms with Gasteiger partial charge in [0.15, 0.2) is 0 Å². The summed E-state index contributed by atoms with van der Waals surface area (Å²) >= 11 is 0. The highest BCUT2D eigenvalue weighted by Crippen LogP contribution is 2.31. The van der Waals surface area contributed by atoms with Crippen molar-refractivity contribution in [3.8, 4) is 0 Å². The molecule has 4 heteroatoms. The second-order valence-corrected chi connectivity index (χ2v) is 5.38. The molecule has 5 heterocycles. The molecule has 3 saturated heterocycles. The van der Waals surface area contributed by atoms with Gasteiger partial charge in [0, 0.05) is 18.8 Å². The number of nitrogens with one attached hydrogen (secondary N) is 1. The molecule has 1 unspecified atom stereocenters. The van der Waals surface area contributed by atoms with Crippen molar-refractivity contribution in [3.05, 3.63) is 24.6 Å². The fourth-order valence-corrected chi connectivity index (χ4v) is 3.31. The lowest BCUT2D eigenvalue weighted by Crippen LogP contribution is -2.53. The highest BCUT2D eigenvalue weighted by atomic mass is 16.3. The van der Waals surface area contributed by atoms with Crippen LogP contribution in [0, 0.1) is 5.92 Å². The van der Waals surface area contributed by atoms with E-state index in [1.165, 1.54) is 25.9 Å². The lowest BCUT2D eigenvalue weighted by Gasteiger charge is -2.45. The molecule has 94 valence electrons. The third-order valence-electron chi connectivity index (χ3n) is 4.36. The summed E-state index contributed by atoms with van der Waals surface area (Å²) in [6.45, 7) is 3.69. The Hall–Kier alpha value is -1.55. The first-order valence-electron chi connectivity index (χ1n) is 6.71. The third kappa shape index (κ3) is 1.60. The summed E-state index contributed by atoms with van der Waals surface area (Å²) in [5.41, 5.74) is 0.911. The minimum atomic E-state index is 0.542. The van der Waals surface area contributed by atoms with Gasteiger partial charge < -0.3 is 14.6 Å². The average Bonchev–Trinajstić information content (AvgIpc) is 2.90. The molecule has 0 aromatic carbocycles. The van der Waals surface area contributed by atoms with E-state index < -0.39 is 0 Å². The lowest BCUT2D eigenvalue weighted by atomic mass is 9.84. The number of fused-ring (bicyclic) bond motifs is 4. The van der Waals surface area contributed by atoms with E-state index in [0.717, 1.165) is 29.2 Å². The summed E-state index contributed by atoms with van der Waals surface area (Å²) < 4.78 is 5.42. The van der Waals surface area contributed by atoms with E-state index in [1.807, 2.05) is 18.3 Å². The topological polar surface area (TPSA) is 41.3 Å². The molecule has 18 heavy (non-hydrogen) atoms. The second-order valence-electron chi connectivity index (χ2n) is 5.38. The quantitative estimate of drug-likeness (QED) is 0.879. The Morgan fingerprint density at radius 3 is 2.94 bits per heavy atom. The van der Waals surface area contributed by atoms with Crippen LogP contribution in [0.25, 0.3) is 11.0 Å². The standard InChI is InChI=1S/C14H17N3O/c1-5-15-14(11-4-8-18-13(1)11)16-12-9-17-6-2-10(12)3-7-17/h1,4-5,8,10,12H,2-3,6-7,9H2,(H,15,16). The van der Waals surface area contributed by atoms with Crippen LogP contribution in [-0.2, 0) is 0 Å². The zero-order chi connectivity index (χ0) is 11.9. The van der Waals surface area contributed by atoms with E-state index in [0.29, 0.717) is 6.04 Å². The van der Waals surface area contributed by atoms with Crippen molar-refractivity contribution in [1.29, 1.82) is 0 Å². The Morgan fingerprint density at radius 2 is 2.17 bits per heavy atom. The molecule has 5 rings (SSSR count). The average molecular weight is 243 g/mol. The molecule has 3 aliphatic rings. The normalized spacial score (nSPS) is 30.8. The Bertz CT molecular complexity index is 557. The van der Waals surface area contributed by atoms with Crippen molar-refractivity contribution < 1.29 is 4.42 Å². The van der Waals surface area contributed by atoms with Gasteiger partial charge in [-0.25, -0.2) is 4.98 Å². The van der Waals surface area contributed by atoms with Crippen molar-refractivity contribution in [2.24, 2.45) is 5.92 Å². The van der Waals surface area contributed by atoms with Gasteiger partial charge in [-0.15, -0.1) is 0 Å². The lowest BCUT2D eigenvalue weighted by molar-refractivity contribution is 0.0974. The number of pyridine rings is 1. The van der Waals surface area contributed by atoms with Crippen LogP contribution in [0.2, 0.25) is 0 Å². The van der Waals surface area contributed by atoms with Gasteiger partial charge >= 0.3 is 0 Å². The van der Waals surface area contributed by atoms with E-state index in [9.17, 15) is 0 Å². The summed E-state index contributed by atoms with van der Waals surface area (Å²) in [5.74, 6) is 1.78. The van der Waals surface area contributed by atoms with Crippen LogP contribution in [0.1, 0.15) is 12.8 Å². The third-order valence-corrected chi connectivity index (χ3v) is 4.36. The molecule has 2 aromatic heterocycles. The number of aromatic nitrogens is 1. The molecule has 3 aliphatic heterocycles. The van der Waals surface area contributed by atoms with Gasteiger partial charge in [0.2, 0.25) is 0 Å². The number of nitrogens with zero attached hydrogens (tertiary/aromatic N) is 2. The van der Waals surface area contributed by atoms with E-state index in [2.05, 4.69) is 15.2 Å². The number of rotatable bonds is 2. The highest BCUT2D eigenvalue weighted by molar-refractivity contribution is 5.87. The van der Waals surface area contributed by atoms with Crippen LogP contribution in [0.5, 0.6) is 0 Å². The van der Waals surface area contributed by atoms with Crippen molar-refractivity contribution in [2.45, 2.75) is 18.9 Å². The fraction of sp³-hybridized carbons (Fsp3) is 0.500. The first kappa shape index (κ1) is 10.4. The minimum absolute atomic E-state index is 0.542. The Kier molecular flexibility index (Phi) is 2.30. The van der Waals surface area contributed by atoms with Gasteiger partial charge in [0.1, 0.15) is 11.4 Å². The molecule has 1 N–H and O–H groups in total. The maximum absolute atomic E-state index is 5.42. The fourth-order valence-electron chi connectivity index (χ4n) is 3.31. The van der Waals surface area contributed by atoms with Crippen molar-refractivity contribution in [1.82, 2.24) is 9.88 Å². The zero-order valence-electron chi connectivity index (χ0n) is 10.3. The first-order chi connectivity index (χ1) is 8.90. The summed E-state index contributed by atoms with van der Waals surface area (Å²) in [5, 5.41) is 4.72. The molecule has 2 bridgehead atoms. The van der Waals surface area contributed by atoms with Gasteiger partial charge in [0.05, 0.1) is 11.6 Å². The van der Waals surface area contributed by atoms with Crippen LogP contribution in [0.4, 0.5) is 5.82 Å².